The third kappa shape index (κ3) is 3.60. The number of hydrogen-bond donors (Lipinski definition) is 1. The molecule has 0 saturated heterocycles. The summed E-state index contributed by atoms with van der Waals surface area (Å²) in [6.45, 7) is 5.31. The molecule has 0 spiro atoms. The lowest BCUT2D eigenvalue weighted by molar-refractivity contribution is 0.0635. The van der Waals surface area contributed by atoms with Gasteiger partial charge in [-0.3, -0.25) is 5.32 Å². The zero-order chi connectivity index (χ0) is 15.5. The number of benzene rings is 1. The number of hydrogen-bond acceptors (Lipinski definition) is 4. The zero-order valence-electron chi connectivity index (χ0n) is 12.1. The van der Waals surface area contributed by atoms with Crippen molar-refractivity contribution in [1.29, 1.82) is 5.26 Å². The smallest absolute Gasteiger partial charge is 0.413 e. The highest BCUT2D eigenvalue weighted by Crippen LogP contribution is 2.20. The van der Waals surface area contributed by atoms with Crippen LogP contribution < -0.4 is 5.32 Å². The van der Waals surface area contributed by atoms with Gasteiger partial charge in [0, 0.05) is 0 Å². The van der Waals surface area contributed by atoms with Crippen LogP contribution in [0.2, 0.25) is 0 Å². The molecule has 0 aliphatic carbocycles. The van der Waals surface area contributed by atoms with Crippen LogP contribution in [0.1, 0.15) is 26.3 Å². The highest BCUT2D eigenvalue weighted by Gasteiger charge is 2.20. The quantitative estimate of drug-likeness (QED) is 0.919. The Bertz CT molecular complexity index is 678. The fraction of sp³-hybridized carbons (Fsp3) is 0.267. The zero-order valence-corrected chi connectivity index (χ0v) is 12.1. The number of nitrogens with one attached hydrogen (secondary N) is 1. The molecule has 1 aromatic carbocycles. The highest BCUT2D eigenvalue weighted by atomic mass is 16.6. The van der Waals surface area contributed by atoms with Crippen LogP contribution in [0.4, 0.5) is 10.6 Å². The molecule has 2 rings (SSSR count). The van der Waals surface area contributed by atoms with E-state index in [9.17, 15) is 4.79 Å². The summed E-state index contributed by atoms with van der Waals surface area (Å²) in [7, 11) is 0. The van der Waals surface area contributed by atoms with E-state index in [1.165, 1.54) is 10.9 Å². The normalized spacial score (nSPS) is 10.8. The molecule has 0 radical (unpaired) electrons. The van der Waals surface area contributed by atoms with Gasteiger partial charge >= 0.3 is 6.09 Å². The van der Waals surface area contributed by atoms with Crippen LogP contribution in [0.3, 0.4) is 0 Å². The predicted molar refractivity (Wildman–Crippen MR) is 78.1 cm³/mol. The third-order valence-corrected chi connectivity index (χ3v) is 2.51. The summed E-state index contributed by atoms with van der Waals surface area (Å²) < 4.78 is 6.69. The summed E-state index contributed by atoms with van der Waals surface area (Å²) in [4.78, 5) is 11.9. The topological polar surface area (TPSA) is 79.9 Å². The van der Waals surface area contributed by atoms with Crippen LogP contribution in [-0.4, -0.2) is 21.5 Å². The second-order valence-corrected chi connectivity index (χ2v) is 5.39. The van der Waals surface area contributed by atoms with Gasteiger partial charge in [0.1, 0.15) is 17.2 Å². The molecule has 1 heterocycles. The molecule has 0 aliphatic rings. The maximum atomic E-state index is 11.9. The molecule has 0 saturated carbocycles. The van der Waals surface area contributed by atoms with Crippen molar-refractivity contribution in [2.45, 2.75) is 26.4 Å². The molecule has 6 nitrogen and oxygen atoms in total. The predicted octanol–water partition coefficient (Wildman–Crippen LogP) is 3.09. The van der Waals surface area contributed by atoms with Gasteiger partial charge < -0.3 is 4.74 Å². The van der Waals surface area contributed by atoms with Gasteiger partial charge in [-0.1, -0.05) is 18.2 Å². The van der Waals surface area contributed by atoms with Crippen molar-refractivity contribution in [3.63, 3.8) is 0 Å². The van der Waals surface area contributed by atoms with Crippen molar-refractivity contribution in [2.75, 3.05) is 5.32 Å². The number of carbonyl (C=O) groups excluding carboxylic acids is 1. The standard InChI is InChI=1S/C15H16N4O2/c1-15(2,3)21-14(20)18-13-11(9-16)10-17-19(13)12-7-5-4-6-8-12/h4-8,10H,1-3H3,(H,18,20). The first-order chi connectivity index (χ1) is 9.90. The molecular weight excluding hydrogens is 268 g/mol. The Kier molecular flexibility index (Phi) is 3.94. The summed E-state index contributed by atoms with van der Waals surface area (Å²) in [5.74, 6) is 0.290. The monoisotopic (exact) mass is 284 g/mol. The minimum Gasteiger partial charge on any atom is -0.444 e. The van der Waals surface area contributed by atoms with E-state index in [1.54, 1.807) is 20.8 Å². The highest BCUT2D eigenvalue weighted by molar-refractivity contribution is 5.86. The van der Waals surface area contributed by atoms with Gasteiger partial charge in [0.25, 0.3) is 0 Å². The Hall–Kier alpha value is -2.81. The van der Waals surface area contributed by atoms with E-state index in [0.29, 0.717) is 0 Å². The van der Waals surface area contributed by atoms with E-state index in [-0.39, 0.29) is 11.4 Å². The maximum Gasteiger partial charge on any atom is 0.413 e. The second kappa shape index (κ2) is 5.67. The average molecular weight is 284 g/mol. The van der Waals surface area contributed by atoms with Gasteiger partial charge in [0.05, 0.1) is 11.9 Å². The molecule has 0 aliphatic heterocycles. The van der Waals surface area contributed by atoms with Crippen molar-refractivity contribution in [3.05, 3.63) is 42.1 Å². The number of nitriles is 1. The van der Waals surface area contributed by atoms with E-state index in [2.05, 4.69) is 10.4 Å². The van der Waals surface area contributed by atoms with Gasteiger partial charge in [0.15, 0.2) is 5.82 Å². The lowest BCUT2D eigenvalue weighted by Crippen LogP contribution is -2.28. The van der Waals surface area contributed by atoms with E-state index in [4.69, 9.17) is 10.00 Å². The Balaban J connectivity index is 2.33. The van der Waals surface area contributed by atoms with Gasteiger partial charge in [-0.2, -0.15) is 10.4 Å². The van der Waals surface area contributed by atoms with Gasteiger partial charge in [-0.15, -0.1) is 0 Å². The first-order valence-corrected chi connectivity index (χ1v) is 6.44. The Morgan fingerprint density at radius 1 is 1.33 bits per heavy atom. The van der Waals surface area contributed by atoms with Crippen molar-refractivity contribution in [1.82, 2.24) is 9.78 Å². The number of ether oxygens (including phenoxy) is 1. The molecule has 108 valence electrons. The number of nitrogens with zero attached hydrogens (tertiary/aromatic N) is 3. The van der Waals surface area contributed by atoms with Gasteiger partial charge in [-0.05, 0) is 32.9 Å². The first-order valence-electron chi connectivity index (χ1n) is 6.44. The lowest BCUT2D eigenvalue weighted by atomic mass is 10.2. The van der Waals surface area contributed by atoms with E-state index in [1.807, 2.05) is 36.4 Å². The summed E-state index contributed by atoms with van der Waals surface area (Å²) in [6, 6.07) is 11.2. The lowest BCUT2D eigenvalue weighted by Gasteiger charge is -2.20. The summed E-state index contributed by atoms with van der Waals surface area (Å²) >= 11 is 0. The molecule has 6 heteroatoms. The molecule has 1 aromatic heterocycles. The van der Waals surface area contributed by atoms with Crippen LogP contribution in [0.5, 0.6) is 0 Å². The fourth-order valence-electron chi connectivity index (χ4n) is 1.72. The third-order valence-electron chi connectivity index (χ3n) is 2.51. The molecular formula is C15H16N4O2. The number of amides is 1. The molecule has 0 atom stereocenters. The minimum atomic E-state index is -0.628. The van der Waals surface area contributed by atoms with E-state index >= 15 is 0 Å². The summed E-state index contributed by atoms with van der Waals surface area (Å²) in [5.41, 5.74) is 0.392. The molecule has 1 amide bonds. The Morgan fingerprint density at radius 2 is 2.00 bits per heavy atom. The molecule has 21 heavy (non-hydrogen) atoms. The van der Waals surface area contributed by atoms with Crippen molar-refractivity contribution < 1.29 is 9.53 Å². The minimum absolute atomic E-state index is 0.268. The van der Waals surface area contributed by atoms with Crippen molar-refractivity contribution in [2.24, 2.45) is 0 Å². The van der Waals surface area contributed by atoms with Crippen LogP contribution in [0.15, 0.2) is 36.5 Å². The number of rotatable bonds is 2. The number of aromatic nitrogens is 2. The fourth-order valence-corrected chi connectivity index (χ4v) is 1.72. The van der Waals surface area contributed by atoms with Crippen LogP contribution >= 0.6 is 0 Å². The van der Waals surface area contributed by atoms with E-state index < -0.39 is 11.7 Å². The Labute approximate surface area is 123 Å². The molecule has 0 unspecified atom stereocenters. The van der Waals surface area contributed by atoms with Crippen LogP contribution in [0, 0.1) is 11.3 Å². The maximum absolute atomic E-state index is 11.9. The number of anilines is 1. The number of carbonyl (C=O) groups is 1. The van der Waals surface area contributed by atoms with Crippen LogP contribution in [0.25, 0.3) is 5.69 Å². The summed E-state index contributed by atoms with van der Waals surface area (Å²) in [5, 5.41) is 15.8. The average Bonchev–Trinajstić information content (AvgIpc) is 2.80. The van der Waals surface area contributed by atoms with Crippen molar-refractivity contribution >= 4 is 11.9 Å². The molecule has 0 fully saturated rings. The first kappa shape index (κ1) is 14.6. The van der Waals surface area contributed by atoms with Gasteiger partial charge in [0.2, 0.25) is 0 Å². The SMILES string of the molecule is CC(C)(C)OC(=O)Nc1c(C#N)cnn1-c1ccccc1. The van der Waals surface area contributed by atoms with Crippen LogP contribution in [-0.2, 0) is 4.74 Å². The number of para-hydroxylation sites is 1. The van der Waals surface area contributed by atoms with Gasteiger partial charge in [-0.25, -0.2) is 9.48 Å². The van der Waals surface area contributed by atoms with Crippen molar-refractivity contribution in [3.8, 4) is 11.8 Å². The molecule has 1 N–H and O–H groups in total. The largest absolute Gasteiger partial charge is 0.444 e. The molecule has 0 bridgehead atoms. The summed E-state index contributed by atoms with van der Waals surface area (Å²) in [6.07, 6.45) is 0.774. The molecule has 2 aromatic rings. The Morgan fingerprint density at radius 3 is 2.57 bits per heavy atom. The second-order valence-electron chi connectivity index (χ2n) is 5.39. The van der Waals surface area contributed by atoms with E-state index in [0.717, 1.165) is 5.69 Å².